The van der Waals surface area contributed by atoms with E-state index in [1.54, 1.807) is 31.2 Å². The summed E-state index contributed by atoms with van der Waals surface area (Å²) in [5.74, 6) is -0.475. The van der Waals surface area contributed by atoms with E-state index >= 15 is 0 Å². The van der Waals surface area contributed by atoms with Crippen molar-refractivity contribution < 1.29 is 17.9 Å². The molecule has 0 unspecified atom stereocenters. The fraction of sp³-hybridized carbons (Fsp3) is 0.200. The van der Waals surface area contributed by atoms with E-state index in [1.807, 2.05) is 0 Å². The quantitative estimate of drug-likeness (QED) is 0.889. The van der Waals surface area contributed by atoms with Crippen molar-refractivity contribution in [2.24, 2.45) is 0 Å². The zero-order valence-corrected chi connectivity index (χ0v) is 12.3. The second kappa shape index (κ2) is 6.34. The predicted octanol–water partition coefficient (Wildman–Crippen LogP) is 2.10. The minimum atomic E-state index is -3.73. The van der Waals surface area contributed by atoms with Gasteiger partial charge in [-0.25, -0.2) is 17.5 Å². The molecule has 0 amide bonds. The highest BCUT2D eigenvalue weighted by molar-refractivity contribution is 7.89. The summed E-state index contributed by atoms with van der Waals surface area (Å²) in [6, 6.07) is 10.5. The molecule has 2 N–H and O–H groups in total. The largest absolute Gasteiger partial charge is 0.392 e. The Morgan fingerprint density at radius 1 is 1.14 bits per heavy atom. The molecule has 0 spiro atoms. The van der Waals surface area contributed by atoms with Crippen LogP contribution in [0.5, 0.6) is 0 Å². The number of hydrogen-bond donors (Lipinski definition) is 2. The van der Waals surface area contributed by atoms with Gasteiger partial charge in [-0.1, -0.05) is 24.3 Å². The third kappa shape index (κ3) is 3.66. The van der Waals surface area contributed by atoms with Gasteiger partial charge in [0.1, 0.15) is 5.82 Å². The van der Waals surface area contributed by atoms with Gasteiger partial charge in [0.05, 0.1) is 11.5 Å². The summed E-state index contributed by atoms with van der Waals surface area (Å²) in [5, 5.41) is 9.22. The average molecular weight is 309 g/mol. The maximum atomic E-state index is 13.0. The van der Waals surface area contributed by atoms with Gasteiger partial charge >= 0.3 is 0 Å². The van der Waals surface area contributed by atoms with Crippen molar-refractivity contribution >= 4 is 10.0 Å². The molecule has 0 atom stereocenters. The Hall–Kier alpha value is -1.76. The first-order valence-corrected chi connectivity index (χ1v) is 7.86. The van der Waals surface area contributed by atoms with E-state index in [0.29, 0.717) is 16.7 Å². The van der Waals surface area contributed by atoms with E-state index in [4.69, 9.17) is 0 Å². The number of halogens is 1. The SMILES string of the molecule is Cc1cc(F)ccc1S(=O)(=O)NCc1ccccc1CO. The lowest BCUT2D eigenvalue weighted by Gasteiger charge is -2.11. The molecule has 0 saturated carbocycles. The van der Waals surface area contributed by atoms with Crippen molar-refractivity contribution in [3.63, 3.8) is 0 Å². The summed E-state index contributed by atoms with van der Waals surface area (Å²) in [5.41, 5.74) is 1.71. The highest BCUT2D eigenvalue weighted by Gasteiger charge is 2.17. The van der Waals surface area contributed by atoms with Gasteiger partial charge in [0, 0.05) is 6.54 Å². The molecule has 2 aromatic carbocycles. The normalized spacial score (nSPS) is 11.6. The molecule has 0 aliphatic heterocycles. The number of hydrogen-bond acceptors (Lipinski definition) is 3. The molecule has 0 aliphatic carbocycles. The molecule has 0 aliphatic rings. The second-order valence-electron chi connectivity index (χ2n) is 4.66. The number of aryl methyl sites for hydroxylation is 1. The standard InChI is InChI=1S/C15H16FNO3S/c1-11-8-14(16)6-7-15(11)21(19,20)17-9-12-4-2-3-5-13(12)10-18/h2-8,17-18H,9-10H2,1H3. The second-order valence-corrected chi connectivity index (χ2v) is 6.40. The number of aliphatic hydroxyl groups excluding tert-OH is 1. The Balaban J connectivity index is 2.22. The molecule has 0 saturated heterocycles. The fourth-order valence-corrected chi connectivity index (χ4v) is 3.28. The van der Waals surface area contributed by atoms with Crippen LogP contribution in [-0.4, -0.2) is 13.5 Å². The molecule has 112 valence electrons. The van der Waals surface area contributed by atoms with Crippen LogP contribution in [0.3, 0.4) is 0 Å². The van der Waals surface area contributed by atoms with Crippen LogP contribution < -0.4 is 4.72 Å². The summed E-state index contributed by atoms with van der Waals surface area (Å²) in [4.78, 5) is 0.0466. The lowest BCUT2D eigenvalue weighted by atomic mass is 10.1. The van der Waals surface area contributed by atoms with Gasteiger partial charge in [0.2, 0.25) is 10.0 Å². The first-order valence-electron chi connectivity index (χ1n) is 6.37. The molecule has 0 bridgehead atoms. The molecule has 2 rings (SSSR count). The van der Waals surface area contributed by atoms with Gasteiger partial charge in [0.15, 0.2) is 0 Å². The third-order valence-electron chi connectivity index (χ3n) is 3.17. The molecule has 0 fully saturated rings. The highest BCUT2D eigenvalue weighted by Crippen LogP contribution is 2.17. The topological polar surface area (TPSA) is 66.4 Å². The van der Waals surface area contributed by atoms with Gasteiger partial charge < -0.3 is 5.11 Å². The molecule has 21 heavy (non-hydrogen) atoms. The molecule has 2 aromatic rings. The smallest absolute Gasteiger partial charge is 0.241 e. The van der Waals surface area contributed by atoms with Gasteiger partial charge in [-0.3, -0.25) is 0 Å². The summed E-state index contributed by atoms with van der Waals surface area (Å²) >= 11 is 0. The number of aliphatic hydroxyl groups is 1. The third-order valence-corrected chi connectivity index (χ3v) is 4.73. The van der Waals surface area contributed by atoms with Gasteiger partial charge in [-0.2, -0.15) is 0 Å². The van der Waals surface area contributed by atoms with E-state index in [2.05, 4.69) is 4.72 Å². The zero-order chi connectivity index (χ0) is 15.5. The number of nitrogens with one attached hydrogen (secondary N) is 1. The fourth-order valence-electron chi connectivity index (χ4n) is 2.05. The minimum Gasteiger partial charge on any atom is -0.392 e. The summed E-state index contributed by atoms with van der Waals surface area (Å²) in [6.07, 6.45) is 0. The van der Waals surface area contributed by atoms with Crippen LogP contribution in [0.25, 0.3) is 0 Å². The van der Waals surface area contributed by atoms with Gasteiger partial charge in [-0.15, -0.1) is 0 Å². The van der Waals surface area contributed by atoms with Gasteiger partial charge in [0.25, 0.3) is 0 Å². The van der Waals surface area contributed by atoms with Gasteiger partial charge in [-0.05, 0) is 41.8 Å². The Morgan fingerprint density at radius 2 is 1.81 bits per heavy atom. The number of sulfonamides is 1. The molecule has 0 radical (unpaired) electrons. The van der Waals surface area contributed by atoms with Crippen molar-refractivity contribution in [1.82, 2.24) is 4.72 Å². The van der Waals surface area contributed by atoms with E-state index < -0.39 is 15.8 Å². The maximum absolute atomic E-state index is 13.0. The Bertz CT molecular complexity index is 744. The maximum Gasteiger partial charge on any atom is 0.241 e. The molecule has 6 heteroatoms. The number of benzene rings is 2. The van der Waals surface area contributed by atoms with Crippen LogP contribution >= 0.6 is 0 Å². The van der Waals surface area contributed by atoms with Crippen molar-refractivity contribution in [2.75, 3.05) is 0 Å². The lowest BCUT2D eigenvalue weighted by Crippen LogP contribution is -2.24. The monoisotopic (exact) mass is 309 g/mol. The molecule has 4 nitrogen and oxygen atoms in total. The van der Waals surface area contributed by atoms with E-state index in [9.17, 15) is 17.9 Å². The van der Waals surface area contributed by atoms with E-state index in [1.165, 1.54) is 12.1 Å². The predicted molar refractivity (Wildman–Crippen MR) is 77.5 cm³/mol. The van der Waals surface area contributed by atoms with E-state index in [0.717, 1.165) is 6.07 Å². The van der Waals surface area contributed by atoms with E-state index in [-0.39, 0.29) is 18.0 Å². The van der Waals surface area contributed by atoms with Crippen molar-refractivity contribution in [3.8, 4) is 0 Å². The van der Waals surface area contributed by atoms with Crippen LogP contribution in [0.15, 0.2) is 47.4 Å². The first kappa shape index (κ1) is 15.6. The van der Waals surface area contributed by atoms with Crippen molar-refractivity contribution in [2.45, 2.75) is 25.0 Å². The van der Waals surface area contributed by atoms with Crippen LogP contribution in [0.4, 0.5) is 4.39 Å². The number of rotatable bonds is 5. The average Bonchev–Trinajstić information content (AvgIpc) is 2.45. The van der Waals surface area contributed by atoms with Crippen LogP contribution in [-0.2, 0) is 23.2 Å². The Morgan fingerprint density at radius 3 is 2.43 bits per heavy atom. The zero-order valence-electron chi connectivity index (χ0n) is 11.5. The molecule has 0 heterocycles. The lowest BCUT2D eigenvalue weighted by molar-refractivity contribution is 0.280. The molecule has 0 aromatic heterocycles. The van der Waals surface area contributed by atoms with Crippen molar-refractivity contribution in [3.05, 3.63) is 65.0 Å². The summed E-state index contributed by atoms with van der Waals surface area (Å²) in [7, 11) is -3.73. The molecular weight excluding hydrogens is 293 g/mol. The first-order chi connectivity index (χ1) is 9.94. The Kier molecular flexibility index (Phi) is 4.72. The highest BCUT2D eigenvalue weighted by atomic mass is 32.2. The van der Waals surface area contributed by atoms with Crippen LogP contribution in [0.1, 0.15) is 16.7 Å². The Labute approximate surface area is 123 Å². The minimum absolute atomic E-state index is 0.0466. The van der Waals surface area contributed by atoms with Crippen molar-refractivity contribution in [1.29, 1.82) is 0 Å². The van der Waals surface area contributed by atoms with Crippen LogP contribution in [0, 0.1) is 12.7 Å². The summed E-state index contributed by atoms with van der Waals surface area (Å²) in [6.45, 7) is 1.45. The van der Waals surface area contributed by atoms with Crippen LogP contribution in [0.2, 0.25) is 0 Å². The molecular formula is C15H16FNO3S. The summed E-state index contributed by atoms with van der Waals surface area (Å²) < 4.78 is 40.0.